The first-order valence-corrected chi connectivity index (χ1v) is 12.3. The van der Waals surface area contributed by atoms with Gasteiger partial charge in [-0.2, -0.15) is 0 Å². The maximum Gasteiger partial charge on any atom is 0.258 e. The number of hydrogen-bond acceptors (Lipinski definition) is 2. The monoisotopic (exact) mass is 500 g/mol. The minimum absolute atomic E-state index is 0.229. The summed E-state index contributed by atoms with van der Waals surface area (Å²) in [5.41, 5.74) is 4.93. The van der Waals surface area contributed by atoms with E-state index in [0.29, 0.717) is 29.0 Å². The number of amides is 2. The lowest BCUT2D eigenvalue weighted by atomic mass is 9.99. The summed E-state index contributed by atoms with van der Waals surface area (Å²) in [7, 11) is 0. The van der Waals surface area contributed by atoms with Crippen LogP contribution in [0.25, 0.3) is 11.1 Å². The van der Waals surface area contributed by atoms with Crippen molar-refractivity contribution in [2.24, 2.45) is 0 Å². The first-order valence-electron chi connectivity index (χ1n) is 12.3. The third-order valence-corrected chi connectivity index (χ3v) is 6.21. The highest BCUT2D eigenvalue weighted by Crippen LogP contribution is 2.25. The third-order valence-electron chi connectivity index (χ3n) is 6.21. The largest absolute Gasteiger partial charge is 0.322 e. The van der Waals surface area contributed by atoms with Gasteiger partial charge in [-0.05, 0) is 71.3 Å². The molecule has 0 aromatic heterocycles. The molecule has 2 amide bonds. The molecule has 5 aromatic carbocycles. The van der Waals surface area contributed by atoms with E-state index >= 15 is 0 Å². The van der Waals surface area contributed by atoms with Crippen molar-refractivity contribution in [2.75, 3.05) is 10.2 Å². The van der Waals surface area contributed by atoms with Gasteiger partial charge >= 0.3 is 0 Å². The van der Waals surface area contributed by atoms with Gasteiger partial charge in [0.25, 0.3) is 11.8 Å². The van der Waals surface area contributed by atoms with Crippen LogP contribution < -0.4 is 10.2 Å². The van der Waals surface area contributed by atoms with Crippen molar-refractivity contribution >= 4 is 23.2 Å². The van der Waals surface area contributed by atoms with Crippen molar-refractivity contribution in [2.45, 2.75) is 6.54 Å². The van der Waals surface area contributed by atoms with Crippen LogP contribution in [-0.4, -0.2) is 11.8 Å². The first-order chi connectivity index (χ1) is 18.6. The second-order valence-electron chi connectivity index (χ2n) is 8.80. The van der Waals surface area contributed by atoms with E-state index in [0.717, 1.165) is 16.7 Å². The third kappa shape index (κ3) is 5.68. The van der Waals surface area contributed by atoms with Gasteiger partial charge in [0.1, 0.15) is 5.82 Å². The number of benzene rings is 5. The quantitative estimate of drug-likeness (QED) is 0.250. The molecule has 38 heavy (non-hydrogen) atoms. The summed E-state index contributed by atoms with van der Waals surface area (Å²) in [5.74, 6) is -0.830. The van der Waals surface area contributed by atoms with Crippen LogP contribution in [0, 0.1) is 5.82 Å². The zero-order valence-corrected chi connectivity index (χ0v) is 20.6. The Labute approximate surface area is 221 Å². The van der Waals surface area contributed by atoms with Gasteiger partial charge in [0.05, 0.1) is 6.54 Å². The summed E-state index contributed by atoms with van der Waals surface area (Å²) < 4.78 is 13.6. The predicted molar refractivity (Wildman–Crippen MR) is 150 cm³/mol. The molecule has 0 unspecified atom stereocenters. The SMILES string of the molecule is O=C(Nc1ccc(C(=O)N(Cc2ccccc2)c2ccc(F)cc2)cc1)c1ccccc1-c1ccccc1. The number of nitrogens with one attached hydrogen (secondary N) is 1. The van der Waals surface area contributed by atoms with Crippen LogP contribution in [0.3, 0.4) is 0 Å². The van der Waals surface area contributed by atoms with E-state index in [9.17, 15) is 14.0 Å². The molecule has 0 spiro atoms. The number of anilines is 2. The highest BCUT2D eigenvalue weighted by atomic mass is 19.1. The summed E-state index contributed by atoms with van der Waals surface area (Å²) in [6.07, 6.45) is 0. The van der Waals surface area contributed by atoms with E-state index in [2.05, 4.69) is 5.32 Å². The molecule has 0 saturated heterocycles. The fourth-order valence-corrected chi connectivity index (χ4v) is 4.27. The molecule has 0 aliphatic heterocycles. The molecular weight excluding hydrogens is 475 g/mol. The topological polar surface area (TPSA) is 49.4 Å². The molecule has 0 atom stereocenters. The van der Waals surface area contributed by atoms with E-state index < -0.39 is 0 Å². The van der Waals surface area contributed by atoms with Crippen LogP contribution in [0.1, 0.15) is 26.3 Å². The Morgan fingerprint density at radius 1 is 0.658 bits per heavy atom. The van der Waals surface area contributed by atoms with Crippen LogP contribution in [0.15, 0.2) is 133 Å². The van der Waals surface area contributed by atoms with Crippen molar-refractivity contribution in [1.29, 1.82) is 0 Å². The predicted octanol–water partition coefficient (Wildman–Crippen LogP) is 7.59. The summed E-state index contributed by atoms with van der Waals surface area (Å²) in [6, 6.07) is 39.5. The van der Waals surface area contributed by atoms with Gasteiger partial charge in [0.15, 0.2) is 0 Å². The molecule has 0 radical (unpaired) electrons. The van der Waals surface area contributed by atoms with Gasteiger partial charge in [-0.25, -0.2) is 4.39 Å². The van der Waals surface area contributed by atoms with Crippen molar-refractivity contribution in [3.05, 3.63) is 156 Å². The number of halogens is 1. The van der Waals surface area contributed by atoms with Crippen molar-refractivity contribution in [3.8, 4) is 11.1 Å². The molecule has 0 aliphatic carbocycles. The molecule has 4 nitrogen and oxygen atoms in total. The smallest absolute Gasteiger partial charge is 0.258 e. The van der Waals surface area contributed by atoms with Gasteiger partial charge in [0, 0.05) is 22.5 Å². The minimum atomic E-state index is -0.366. The Morgan fingerprint density at radius 3 is 1.95 bits per heavy atom. The van der Waals surface area contributed by atoms with Crippen LogP contribution in [0.2, 0.25) is 0 Å². The van der Waals surface area contributed by atoms with E-state index in [1.807, 2.05) is 78.9 Å². The molecule has 5 aromatic rings. The number of carbonyl (C=O) groups is 2. The lowest BCUT2D eigenvalue weighted by Gasteiger charge is -2.23. The number of carbonyl (C=O) groups excluding carboxylic acids is 2. The number of nitrogens with zero attached hydrogens (tertiary/aromatic N) is 1. The number of hydrogen-bond donors (Lipinski definition) is 1. The molecule has 5 rings (SSSR count). The maximum atomic E-state index is 13.6. The molecule has 0 bridgehead atoms. The van der Waals surface area contributed by atoms with E-state index in [1.54, 1.807) is 47.4 Å². The summed E-state index contributed by atoms with van der Waals surface area (Å²) in [6.45, 7) is 0.333. The lowest BCUT2D eigenvalue weighted by molar-refractivity contribution is 0.0984. The average molecular weight is 501 g/mol. The molecule has 0 heterocycles. The van der Waals surface area contributed by atoms with Gasteiger partial charge < -0.3 is 10.2 Å². The summed E-state index contributed by atoms with van der Waals surface area (Å²) in [4.78, 5) is 28.3. The number of rotatable bonds is 7. The van der Waals surface area contributed by atoms with E-state index in [4.69, 9.17) is 0 Å². The molecule has 186 valence electrons. The minimum Gasteiger partial charge on any atom is -0.322 e. The highest BCUT2D eigenvalue weighted by molar-refractivity contribution is 6.09. The van der Waals surface area contributed by atoms with Gasteiger partial charge in [-0.15, -0.1) is 0 Å². The Balaban J connectivity index is 1.36. The van der Waals surface area contributed by atoms with Crippen molar-refractivity contribution in [3.63, 3.8) is 0 Å². The second kappa shape index (κ2) is 11.4. The molecule has 0 saturated carbocycles. The van der Waals surface area contributed by atoms with Gasteiger partial charge in [-0.1, -0.05) is 78.9 Å². The van der Waals surface area contributed by atoms with Crippen LogP contribution in [-0.2, 0) is 6.54 Å². The Kier molecular flexibility index (Phi) is 7.37. The standard InChI is InChI=1S/C33H25FN2O2/c34-27-17-21-29(22-18-27)36(23-24-9-3-1-4-10-24)33(38)26-15-19-28(20-16-26)35-32(37)31-14-8-7-13-30(31)25-11-5-2-6-12-25/h1-22H,23H2,(H,35,37). The second-order valence-corrected chi connectivity index (χ2v) is 8.80. The average Bonchev–Trinajstić information content (AvgIpc) is 2.97. The zero-order valence-electron chi connectivity index (χ0n) is 20.6. The Morgan fingerprint density at radius 2 is 1.26 bits per heavy atom. The Hall–Kier alpha value is -5.03. The lowest BCUT2D eigenvalue weighted by Crippen LogP contribution is -2.30. The molecule has 5 heteroatoms. The first kappa shape index (κ1) is 24.7. The highest BCUT2D eigenvalue weighted by Gasteiger charge is 2.19. The Bertz CT molecular complexity index is 1530. The van der Waals surface area contributed by atoms with Crippen molar-refractivity contribution < 1.29 is 14.0 Å². The van der Waals surface area contributed by atoms with Gasteiger partial charge in [-0.3, -0.25) is 9.59 Å². The van der Waals surface area contributed by atoms with Crippen LogP contribution in [0.4, 0.5) is 15.8 Å². The molecule has 0 aliphatic rings. The fourth-order valence-electron chi connectivity index (χ4n) is 4.27. The zero-order chi connectivity index (χ0) is 26.3. The van der Waals surface area contributed by atoms with E-state index in [1.165, 1.54) is 12.1 Å². The van der Waals surface area contributed by atoms with E-state index in [-0.39, 0.29) is 17.6 Å². The van der Waals surface area contributed by atoms with Crippen molar-refractivity contribution in [1.82, 2.24) is 0 Å². The molecule has 1 N–H and O–H groups in total. The maximum absolute atomic E-state index is 13.6. The molecular formula is C33H25FN2O2. The molecule has 0 fully saturated rings. The van der Waals surface area contributed by atoms with Crippen LogP contribution >= 0.6 is 0 Å². The normalized spacial score (nSPS) is 10.6. The summed E-state index contributed by atoms with van der Waals surface area (Å²) >= 11 is 0. The fraction of sp³-hybridized carbons (Fsp3) is 0.0303. The summed E-state index contributed by atoms with van der Waals surface area (Å²) in [5, 5.41) is 2.94. The van der Waals surface area contributed by atoms with Gasteiger partial charge in [0.2, 0.25) is 0 Å². The van der Waals surface area contributed by atoms with Crippen LogP contribution in [0.5, 0.6) is 0 Å².